The molecule has 2 rings (SSSR count). The Kier molecular flexibility index (Phi) is 3.77. The second-order valence-electron chi connectivity index (χ2n) is 4.44. The molecule has 0 N–H and O–H groups in total. The molecule has 0 radical (unpaired) electrons. The molecule has 0 aliphatic heterocycles. The van der Waals surface area contributed by atoms with Crippen LogP contribution in [0.25, 0.3) is 5.82 Å². The highest BCUT2D eigenvalue weighted by atomic mass is 35.5. The molecule has 3 nitrogen and oxygen atoms in total. The smallest absolute Gasteiger partial charge is 0.235 e. The Bertz CT molecular complexity index is 647. The molecule has 0 bridgehead atoms. The summed E-state index contributed by atoms with van der Waals surface area (Å²) in [5.41, 5.74) is 1.83. The second kappa shape index (κ2) is 5.09. The van der Waals surface area contributed by atoms with Crippen molar-refractivity contribution in [2.75, 3.05) is 0 Å². The molecule has 2 aromatic rings. The van der Waals surface area contributed by atoms with Crippen molar-refractivity contribution in [3.8, 4) is 5.82 Å². The van der Waals surface area contributed by atoms with Crippen LogP contribution in [0.5, 0.6) is 0 Å². The fraction of sp³-hybridized carbons (Fsp3) is 0.385. The number of hydrogen-bond acceptors (Lipinski definition) is 2. The first kappa shape index (κ1) is 14.8. The maximum absolute atomic E-state index is 12.6. The molecule has 0 saturated heterocycles. The molecule has 0 aliphatic carbocycles. The third-order valence-corrected chi connectivity index (χ3v) is 3.42. The van der Waals surface area contributed by atoms with E-state index < -0.39 is 11.7 Å². The lowest BCUT2D eigenvalue weighted by Gasteiger charge is -2.10. The Balaban J connectivity index is 2.55. The molecule has 0 amide bonds. The fourth-order valence-electron chi connectivity index (χ4n) is 2.13. The van der Waals surface area contributed by atoms with E-state index in [9.17, 15) is 13.2 Å². The predicted octanol–water partition coefficient (Wildman–Crippen LogP) is 4.12. The first-order valence-electron chi connectivity index (χ1n) is 6.04. The molecule has 2 heterocycles. The van der Waals surface area contributed by atoms with Gasteiger partial charge in [-0.3, -0.25) is 0 Å². The van der Waals surface area contributed by atoms with Gasteiger partial charge in [0.05, 0.1) is 16.3 Å². The Hall–Kier alpha value is -1.56. The number of hydrogen-bond donors (Lipinski definition) is 0. The van der Waals surface area contributed by atoms with Gasteiger partial charge in [-0.2, -0.15) is 18.3 Å². The molecule has 0 saturated carbocycles. The number of nitrogens with zero attached hydrogens (tertiary/aromatic N) is 3. The van der Waals surface area contributed by atoms with Crippen LogP contribution in [0, 0.1) is 13.8 Å². The number of alkyl halides is 3. The molecule has 20 heavy (non-hydrogen) atoms. The van der Waals surface area contributed by atoms with E-state index in [2.05, 4.69) is 10.1 Å². The fourth-order valence-corrected chi connectivity index (χ4v) is 2.38. The average molecular weight is 304 g/mol. The van der Waals surface area contributed by atoms with Gasteiger partial charge in [0.25, 0.3) is 0 Å². The average Bonchev–Trinajstić information content (AvgIpc) is 2.63. The van der Waals surface area contributed by atoms with Gasteiger partial charge in [-0.25, -0.2) is 9.67 Å². The van der Waals surface area contributed by atoms with Gasteiger partial charge in [-0.05, 0) is 31.9 Å². The number of rotatable bonds is 2. The Morgan fingerprint density at radius 3 is 2.40 bits per heavy atom. The van der Waals surface area contributed by atoms with Crippen molar-refractivity contribution in [1.29, 1.82) is 0 Å². The van der Waals surface area contributed by atoms with E-state index in [1.165, 1.54) is 4.68 Å². The van der Waals surface area contributed by atoms with Crippen molar-refractivity contribution in [2.45, 2.75) is 33.4 Å². The molecular formula is C13H13ClF3N3. The molecule has 0 atom stereocenters. The Labute approximate surface area is 119 Å². The lowest BCUT2D eigenvalue weighted by Crippen LogP contribution is -2.09. The van der Waals surface area contributed by atoms with Crippen molar-refractivity contribution in [1.82, 2.24) is 14.8 Å². The van der Waals surface area contributed by atoms with E-state index in [1.807, 2.05) is 20.8 Å². The predicted molar refractivity (Wildman–Crippen MR) is 70.2 cm³/mol. The van der Waals surface area contributed by atoms with E-state index in [0.717, 1.165) is 35.6 Å². The van der Waals surface area contributed by atoms with Crippen LogP contribution in [-0.4, -0.2) is 14.8 Å². The van der Waals surface area contributed by atoms with Crippen molar-refractivity contribution in [3.63, 3.8) is 0 Å². The van der Waals surface area contributed by atoms with Gasteiger partial charge < -0.3 is 0 Å². The van der Waals surface area contributed by atoms with Gasteiger partial charge in [-0.15, -0.1) is 0 Å². The van der Waals surface area contributed by atoms with Gasteiger partial charge in [0.1, 0.15) is 0 Å². The van der Waals surface area contributed by atoms with E-state index in [4.69, 9.17) is 11.6 Å². The van der Waals surface area contributed by atoms with Crippen LogP contribution >= 0.6 is 11.6 Å². The largest absolute Gasteiger partial charge is 0.417 e. The highest BCUT2D eigenvalue weighted by Crippen LogP contribution is 2.32. The van der Waals surface area contributed by atoms with Crippen molar-refractivity contribution in [3.05, 3.63) is 39.8 Å². The zero-order valence-electron chi connectivity index (χ0n) is 11.2. The van der Waals surface area contributed by atoms with Gasteiger partial charge in [0.15, 0.2) is 5.82 Å². The molecule has 0 fully saturated rings. The standard InChI is InChI=1S/C13H13ClF3N3/c1-4-10-7(2)19-20(8(10)3)12-11(14)5-9(6-18-12)13(15,16)17/h5-6H,4H2,1-3H3. The summed E-state index contributed by atoms with van der Waals surface area (Å²) in [5, 5.41) is 4.22. The maximum atomic E-state index is 12.6. The minimum atomic E-state index is -4.46. The number of aryl methyl sites for hydroxylation is 1. The van der Waals surface area contributed by atoms with E-state index in [-0.39, 0.29) is 10.8 Å². The van der Waals surface area contributed by atoms with E-state index in [1.54, 1.807) is 0 Å². The Morgan fingerprint density at radius 2 is 1.95 bits per heavy atom. The number of pyridine rings is 1. The number of aromatic nitrogens is 3. The summed E-state index contributed by atoms with van der Waals surface area (Å²) >= 11 is 5.92. The van der Waals surface area contributed by atoms with Crippen LogP contribution in [0.3, 0.4) is 0 Å². The van der Waals surface area contributed by atoms with Crippen molar-refractivity contribution >= 4 is 11.6 Å². The third-order valence-electron chi connectivity index (χ3n) is 3.14. The minimum absolute atomic E-state index is 0.0759. The van der Waals surface area contributed by atoms with Crippen LogP contribution in [0.1, 0.15) is 29.4 Å². The lowest BCUT2D eigenvalue weighted by molar-refractivity contribution is -0.137. The topological polar surface area (TPSA) is 30.7 Å². The van der Waals surface area contributed by atoms with E-state index >= 15 is 0 Å². The summed E-state index contributed by atoms with van der Waals surface area (Å²) in [7, 11) is 0. The van der Waals surface area contributed by atoms with Crippen LogP contribution in [0.15, 0.2) is 12.3 Å². The molecule has 7 heteroatoms. The summed E-state index contributed by atoms with van der Waals surface area (Å²) in [4.78, 5) is 3.81. The zero-order valence-corrected chi connectivity index (χ0v) is 12.0. The van der Waals surface area contributed by atoms with Gasteiger partial charge in [0.2, 0.25) is 0 Å². The highest BCUT2D eigenvalue weighted by molar-refractivity contribution is 6.32. The zero-order chi connectivity index (χ0) is 15.1. The number of halogens is 4. The highest BCUT2D eigenvalue weighted by Gasteiger charge is 2.32. The monoisotopic (exact) mass is 303 g/mol. The van der Waals surface area contributed by atoms with Crippen LogP contribution in [0.4, 0.5) is 13.2 Å². The summed E-state index contributed by atoms with van der Waals surface area (Å²) < 4.78 is 39.2. The van der Waals surface area contributed by atoms with Crippen LogP contribution < -0.4 is 0 Å². The molecule has 2 aromatic heterocycles. The van der Waals surface area contributed by atoms with Crippen LogP contribution in [0.2, 0.25) is 5.02 Å². The molecule has 0 unspecified atom stereocenters. The molecule has 0 spiro atoms. The summed E-state index contributed by atoms with van der Waals surface area (Å²) in [6, 6.07) is 0.867. The van der Waals surface area contributed by atoms with Gasteiger partial charge in [0, 0.05) is 11.9 Å². The molecule has 108 valence electrons. The van der Waals surface area contributed by atoms with Crippen molar-refractivity contribution < 1.29 is 13.2 Å². The summed E-state index contributed by atoms with van der Waals surface area (Å²) in [5.74, 6) is 0.208. The normalized spacial score (nSPS) is 11.9. The Morgan fingerprint density at radius 1 is 1.30 bits per heavy atom. The van der Waals surface area contributed by atoms with Crippen molar-refractivity contribution in [2.24, 2.45) is 0 Å². The van der Waals surface area contributed by atoms with Gasteiger partial charge in [-0.1, -0.05) is 18.5 Å². The minimum Gasteiger partial charge on any atom is -0.235 e. The molecule has 0 aromatic carbocycles. The molecular weight excluding hydrogens is 291 g/mol. The first-order valence-corrected chi connectivity index (χ1v) is 6.41. The second-order valence-corrected chi connectivity index (χ2v) is 4.85. The van der Waals surface area contributed by atoms with Gasteiger partial charge >= 0.3 is 6.18 Å². The SMILES string of the molecule is CCc1c(C)nn(-c2ncc(C(F)(F)F)cc2Cl)c1C. The van der Waals surface area contributed by atoms with E-state index in [0.29, 0.717) is 0 Å². The summed E-state index contributed by atoms with van der Waals surface area (Å²) in [6.45, 7) is 5.68. The lowest BCUT2D eigenvalue weighted by atomic mass is 10.1. The quantitative estimate of drug-likeness (QED) is 0.835. The summed E-state index contributed by atoms with van der Waals surface area (Å²) in [6.07, 6.45) is -2.90. The first-order chi connectivity index (χ1) is 9.25. The van der Waals surface area contributed by atoms with Crippen LogP contribution in [-0.2, 0) is 12.6 Å². The maximum Gasteiger partial charge on any atom is 0.417 e. The third kappa shape index (κ3) is 2.52. The molecule has 0 aliphatic rings.